The van der Waals surface area contributed by atoms with Crippen molar-refractivity contribution >= 4 is 0 Å². The number of aromatic nitrogens is 2. The van der Waals surface area contributed by atoms with Crippen molar-refractivity contribution in [3.05, 3.63) is 11.7 Å². The van der Waals surface area contributed by atoms with Gasteiger partial charge in [0.1, 0.15) is 0 Å². The Morgan fingerprint density at radius 3 is 2.86 bits per heavy atom. The van der Waals surface area contributed by atoms with E-state index in [1.165, 1.54) is 6.42 Å². The summed E-state index contributed by atoms with van der Waals surface area (Å²) in [7, 11) is 0. The van der Waals surface area contributed by atoms with Gasteiger partial charge in [0.2, 0.25) is 5.89 Å². The standard InChI is InChI=1S/C14H24N4O3/c15-12(10-18-4-7-19-8-5-18)14-16-13(21-17-14)9-11-3-1-2-6-20-11/h11-12H,1-10,15H2. The molecule has 0 aromatic carbocycles. The average molecular weight is 296 g/mol. The highest BCUT2D eigenvalue weighted by molar-refractivity contribution is 4.95. The third-order valence-corrected chi connectivity index (χ3v) is 4.05. The summed E-state index contributed by atoms with van der Waals surface area (Å²) in [6.45, 7) is 4.93. The first-order valence-electron chi connectivity index (χ1n) is 7.81. The lowest BCUT2D eigenvalue weighted by Gasteiger charge is -2.27. The molecule has 0 radical (unpaired) electrons. The molecular weight excluding hydrogens is 272 g/mol. The molecular formula is C14H24N4O3. The summed E-state index contributed by atoms with van der Waals surface area (Å²) in [4.78, 5) is 6.70. The third-order valence-electron chi connectivity index (χ3n) is 4.05. The summed E-state index contributed by atoms with van der Waals surface area (Å²) in [6.07, 6.45) is 4.33. The fraction of sp³-hybridized carbons (Fsp3) is 0.857. The first kappa shape index (κ1) is 14.9. The van der Waals surface area contributed by atoms with Gasteiger partial charge in [-0.15, -0.1) is 0 Å². The van der Waals surface area contributed by atoms with Gasteiger partial charge in [0.25, 0.3) is 0 Å². The number of nitrogens with two attached hydrogens (primary N) is 1. The zero-order chi connectivity index (χ0) is 14.5. The molecule has 0 saturated carbocycles. The Hall–Kier alpha value is -1.02. The molecule has 0 aliphatic carbocycles. The number of morpholine rings is 1. The molecule has 1 aromatic rings. The Kier molecular flexibility index (Phi) is 5.18. The molecule has 2 aliphatic heterocycles. The van der Waals surface area contributed by atoms with Crippen LogP contribution in [0.5, 0.6) is 0 Å². The highest BCUT2D eigenvalue weighted by atomic mass is 16.5. The molecule has 3 heterocycles. The van der Waals surface area contributed by atoms with E-state index in [4.69, 9.17) is 19.7 Å². The van der Waals surface area contributed by atoms with Crippen molar-refractivity contribution in [2.45, 2.75) is 37.8 Å². The van der Waals surface area contributed by atoms with Crippen LogP contribution in [0.2, 0.25) is 0 Å². The highest BCUT2D eigenvalue weighted by Crippen LogP contribution is 2.17. The Bertz CT molecular complexity index is 428. The Morgan fingerprint density at radius 2 is 2.10 bits per heavy atom. The van der Waals surface area contributed by atoms with Crippen LogP contribution in [-0.2, 0) is 15.9 Å². The van der Waals surface area contributed by atoms with Gasteiger partial charge < -0.3 is 19.7 Å². The van der Waals surface area contributed by atoms with Crippen molar-refractivity contribution in [2.24, 2.45) is 5.73 Å². The van der Waals surface area contributed by atoms with Gasteiger partial charge in [0, 0.05) is 26.2 Å². The number of nitrogens with zero attached hydrogens (tertiary/aromatic N) is 3. The number of rotatable bonds is 5. The summed E-state index contributed by atoms with van der Waals surface area (Å²) < 4.78 is 16.3. The van der Waals surface area contributed by atoms with Crippen LogP contribution in [0.25, 0.3) is 0 Å². The summed E-state index contributed by atoms with van der Waals surface area (Å²) in [5.41, 5.74) is 6.17. The molecule has 2 saturated heterocycles. The van der Waals surface area contributed by atoms with Gasteiger partial charge in [-0.2, -0.15) is 4.98 Å². The van der Waals surface area contributed by atoms with Crippen LogP contribution in [-0.4, -0.2) is 60.6 Å². The third kappa shape index (κ3) is 4.23. The molecule has 0 amide bonds. The molecule has 118 valence electrons. The van der Waals surface area contributed by atoms with Gasteiger partial charge in [-0.3, -0.25) is 4.90 Å². The monoisotopic (exact) mass is 296 g/mol. The van der Waals surface area contributed by atoms with E-state index in [2.05, 4.69) is 15.0 Å². The second-order valence-corrected chi connectivity index (χ2v) is 5.76. The molecule has 1 aromatic heterocycles. The van der Waals surface area contributed by atoms with E-state index in [1.54, 1.807) is 0 Å². The molecule has 7 nitrogen and oxygen atoms in total. The lowest BCUT2D eigenvalue weighted by molar-refractivity contribution is 0.0124. The zero-order valence-corrected chi connectivity index (χ0v) is 12.4. The van der Waals surface area contributed by atoms with Crippen molar-refractivity contribution in [3.8, 4) is 0 Å². The molecule has 7 heteroatoms. The van der Waals surface area contributed by atoms with Gasteiger partial charge in [0.05, 0.1) is 31.8 Å². The summed E-state index contributed by atoms with van der Waals surface area (Å²) in [6, 6.07) is -0.215. The first-order chi connectivity index (χ1) is 10.3. The predicted octanol–water partition coefficient (Wildman–Crippen LogP) is 0.513. The Labute approximate surface area is 124 Å². The van der Waals surface area contributed by atoms with Gasteiger partial charge in [0.15, 0.2) is 5.82 Å². The van der Waals surface area contributed by atoms with Crippen molar-refractivity contribution in [1.29, 1.82) is 0 Å². The minimum absolute atomic E-state index is 0.211. The van der Waals surface area contributed by atoms with Crippen LogP contribution in [0.3, 0.4) is 0 Å². The summed E-state index contributed by atoms with van der Waals surface area (Å²) >= 11 is 0. The Balaban J connectivity index is 1.50. The van der Waals surface area contributed by atoms with Gasteiger partial charge in [-0.1, -0.05) is 5.16 Å². The molecule has 0 spiro atoms. The van der Waals surface area contributed by atoms with Gasteiger partial charge in [-0.25, -0.2) is 0 Å². The minimum atomic E-state index is -0.215. The quantitative estimate of drug-likeness (QED) is 0.847. The van der Waals surface area contributed by atoms with E-state index in [1.807, 2.05) is 0 Å². The van der Waals surface area contributed by atoms with Crippen molar-refractivity contribution in [2.75, 3.05) is 39.5 Å². The fourth-order valence-corrected chi connectivity index (χ4v) is 2.81. The molecule has 2 unspecified atom stereocenters. The van der Waals surface area contributed by atoms with Crippen LogP contribution in [0.1, 0.15) is 37.0 Å². The van der Waals surface area contributed by atoms with Crippen LogP contribution >= 0.6 is 0 Å². The number of hydrogen-bond acceptors (Lipinski definition) is 7. The average Bonchev–Trinajstić information content (AvgIpc) is 2.98. The Morgan fingerprint density at radius 1 is 1.24 bits per heavy atom. The lowest BCUT2D eigenvalue weighted by atomic mass is 10.1. The predicted molar refractivity (Wildman–Crippen MR) is 75.8 cm³/mol. The van der Waals surface area contributed by atoms with Gasteiger partial charge >= 0.3 is 0 Å². The van der Waals surface area contributed by atoms with Crippen molar-refractivity contribution in [1.82, 2.24) is 15.0 Å². The van der Waals surface area contributed by atoms with E-state index < -0.39 is 0 Å². The van der Waals surface area contributed by atoms with Crippen LogP contribution in [0, 0.1) is 0 Å². The second kappa shape index (κ2) is 7.31. The molecule has 2 N–H and O–H groups in total. The van der Waals surface area contributed by atoms with E-state index >= 15 is 0 Å². The maximum atomic E-state index is 6.17. The largest absolute Gasteiger partial charge is 0.379 e. The molecule has 3 rings (SSSR count). The van der Waals surface area contributed by atoms with Gasteiger partial charge in [-0.05, 0) is 19.3 Å². The number of ether oxygens (including phenoxy) is 2. The number of hydrogen-bond donors (Lipinski definition) is 1. The van der Waals surface area contributed by atoms with Crippen LogP contribution in [0.15, 0.2) is 4.52 Å². The highest BCUT2D eigenvalue weighted by Gasteiger charge is 2.22. The molecule has 2 fully saturated rings. The molecule has 2 aliphatic rings. The van der Waals surface area contributed by atoms with Crippen molar-refractivity contribution in [3.63, 3.8) is 0 Å². The molecule has 21 heavy (non-hydrogen) atoms. The van der Waals surface area contributed by atoms with E-state index in [0.29, 0.717) is 18.1 Å². The smallest absolute Gasteiger partial charge is 0.229 e. The van der Waals surface area contributed by atoms with Crippen LogP contribution < -0.4 is 5.73 Å². The van der Waals surface area contributed by atoms with Crippen LogP contribution in [0.4, 0.5) is 0 Å². The van der Waals surface area contributed by atoms with E-state index in [0.717, 1.165) is 52.3 Å². The summed E-state index contributed by atoms with van der Waals surface area (Å²) in [5, 5.41) is 4.02. The van der Waals surface area contributed by atoms with E-state index in [-0.39, 0.29) is 12.1 Å². The van der Waals surface area contributed by atoms with Crippen molar-refractivity contribution < 1.29 is 14.0 Å². The summed E-state index contributed by atoms with van der Waals surface area (Å²) in [5.74, 6) is 1.22. The first-order valence-corrected chi connectivity index (χ1v) is 7.81. The SMILES string of the molecule is NC(CN1CCOCC1)c1noc(CC2CCCCO2)n1. The molecule has 2 atom stereocenters. The lowest BCUT2D eigenvalue weighted by Crippen LogP contribution is -2.40. The topological polar surface area (TPSA) is 86.6 Å². The minimum Gasteiger partial charge on any atom is -0.379 e. The molecule has 0 bridgehead atoms. The fourth-order valence-electron chi connectivity index (χ4n) is 2.81. The maximum Gasteiger partial charge on any atom is 0.229 e. The maximum absolute atomic E-state index is 6.17. The second-order valence-electron chi connectivity index (χ2n) is 5.76. The zero-order valence-electron chi connectivity index (χ0n) is 12.4. The normalized spacial score (nSPS) is 25.9. The van der Waals surface area contributed by atoms with E-state index in [9.17, 15) is 0 Å².